The molecule has 1 N–H and O–H groups in total. The minimum Gasteiger partial charge on any atom is -0.481 e. The maximum atomic E-state index is 10.7. The molecular formula is C11H14BrNO2. The second-order valence-electron chi connectivity index (χ2n) is 3.57. The maximum Gasteiger partial charge on any atom is 0.308 e. The molecule has 1 unspecified atom stereocenters. The predicted molar refractivity (Wildman–Crippen MR) is 64.2 cm³/mol. The highest BCUT2D eigenvalue weighted by atomic mass is 79.9. The van der Waals surface area contributed by atoms with Gasteiger partial charge in [-0.05, 0) is 28.1 Å². The smallest absolute Gasteiger partial charge is 0.308 e. The highest BCUT2D eigenvalue weighted by Gasteiger charge is 2.14. The molecule has 1 aromatic carbocycles. The van der Waals surface area contributed by atoms with E-state index >= 15 is 0 Å². The zero-order valence-corrected chi connectivity index (χ0v) is 10.4. The summed E-state index contributed by atoms with van der Waals surface area (Å²) in [5.74, 6) is -1.14. The summed E-state index contributed by atoms with van der Waals surface area (Å²) in [5.41, 5.74) is 1.01. The first kappa shape index (κ1) is 12.0. The van der Waals surface area contributed by atoms with Crippen molar-refractivity contribution in [3.05, 3.63) is 28.7 Å². The van der Waals surface area contributed by atoms with E-state index in [-0.39, 0.29) is 5.92 Å². The number of benzene rings is 1. The number of carboxylic acids is 1. The lowest BCUT2D eigenvalue weighted by Crippen LogP contribution is -2.28. The molecule has 0 spiro atoms. The normalized spacial score (nSPS) is 12.2. The standard InChI is InChI=1S/C11H14BrNO2/c1-8(11(14)15)7-13(2)10-6-4-3-5-9(10)12/h3-6,8H,7H2,1-2H3,(H,14,15). The molecule has 0 saturated carbocycles. The van der Waals surface area contributed by atoms with Gasteiger partial charge in [0.1, 0.15) is 0 Å². The average Bonchev–Trinajstić information content (AvgIpc) is 2.18. The summed E-state index contributed by atoms with van der Waals surface area (Å²) < 4.78 is 0.977. The van der Waals surface area contributed by atoms with Crippen molar-refractivity contribution in [1.82, 2.24) is 0 Å². The molecule has 3 nitrogen and oxygen atoms in total. The number of rotatable bonds is 4. The molecule has 1 atom stereocenters. The summed E-state index contributed by atoms with van der Waals surface area (Å²) in [5, 5.41) is 8.81. The Morgan fingerprint density at radius 2 is 2.13 bits per heavy atom. The molecule has 4 heteroatoms. The highest BCUT2D eigenvalue weighted by Crippen LogP contribution is 2.25. The van der Waals surface area contributed by atoms with Crippen LogP contribution in [0.5, 0.6) is 0 Å². The first-order chi connectivity index (χ1) is 7.02. The van der Waals surface area contributed by atoms with Crippen molar-refractivity contribution in [2.24, 2.45) is 5.92 Å². The summed E-state index contributed by atoms with van der Waals surface area (Å²) in [7, 11) is 1.89. The van der Waals surface area contributed by atoms with E-state index < -0.39 is 5.97 Å². The van der Waals surface area contributed by atoms with Crippen LogP contribution in [0.3, 0.4) is 0 Å². The van der Waals surface area contributed by atoms with Crippen LogP contribution < -0.4 is 4.90 Å². The SMILES string of the molecule is CC(CN(C)c1ccccc1Br)C(=O)O. The number of anilines is 1. The lowest BCUT2D eigenvalue weighted by molar-refractivity contribution is -0.140. The Kier molecular flexibility index (Phi) is 4.15. The number of para-hydroxylation sites is 1. The Balaban J connectivity index is 2.73. The predicted octanol–water partition coefficient (Wildman–Crippen LogP) is 2.61. The van der Waals surface area contributed by atoms with Gasteiger partial charge in [-0.3, -0.25) is 4.79 Å². The van der Waals surface area contributed by atoms with E-state index in [1.165, 1.54) is 0 Å². The fraction of sp³-hybridized carbons (Fsp3) is 0.364. The van der Waals surface area contributed by atoms with Gasteiger partial charge in [-0.2, -0.15) is 0 Å². The molecule has 82 valence electrons. The van der Waals surface area contributed by atoms with Gasteiger partial charge in [0, 0.05) is 18.1 Å². The minimum absolute atomic E-state index is 0.373. The van der Waals surface area contributed by atoms with E-state index in [0.717, 1.165) is 10.2 Å². The molecule has 0 fully saturated rings. The molecule has 0 saturated heterocycles. The van der Waals surface area contributed by atoms with Crippen LogP contribution in [0.4, 0.5) is 5.69 Å². The fourth-order valence-corrected chi connectivity index (χ4v) is 1.94. The Morgan fingerprint density at radius 1 is 1.53 bits per heavy atom. The van der Waals surface area contributed by atoms with Crippen LogP contribution in [0.2, 0.25) is 0 Å². The summed E-state index contributed by atoms with van der Waals surface area (Å²) in [6.07, 6.45) is 0. The molecule has 1 rings (SSSR count). The summed E-state index contributed by atoms with van der Waals surface area (Å²) in [4.78, 5) is 12.6. The van der Waals surface area contributed by atoms with Gasteiger partial charge in [0.05, 0.1) is 11.6 Å². The van der Waals surface area contributed by atoms with Crippen LogP contribution in [0.1, 0.15) is 6.92 Å². The van der Waals surface area contributed by atoms with E-state index in [1.54, 1.807) is 6.92 Å². The molecule has 0 aliphatic rings. The highest BCUT2D eigenvalue weighted by molar-refractivity contribution is 9.10. The maximum absolute atomic E-state index is 10.7. The van der Waals surface area contributed by atoms with E-state index in [9.17, 15) is 4.79 Å². The monoisotopic (exact) mass is 271 g/mol. The van der Waals surface area contributed by atoms with Crippen LogP contribution in [-0.4, -0.2) is 24.7 Å². The molecule has 0 amide bonds. The van der Waals surface area contributed by atoms with Gasteiger partial charge in [-0.15, -0.1) is 0 Å². The van der Waals surface area contributed by atoms with Crippen molar-refractivity contribution in [3.8, 4) is 0 Å². The van der Waals surface area contributed by atoms with Gasteiger partial charge in [0.25, 0.3) is 0 Å². The van der Waals surface area contributed by atoms with Gasteiger partial charge in [-0.25, -0.2) is 0 Å². The lowest BCUT2D eigenvalue weighted by Gasteiger charge is -2.22. The van der Waals surface area contributed by atoms with E-state index in [0.29, 0.717) is 6.54 Å². The molecule has 0 radical (unpaired) electrons. The summed E-state index contributed by atoms with van der Waals surface area (Å²) >= 11 is 3.43. The van der Waals surface area contributed by atoms with Gasteiger partial charge in [-0.1, -0.05) is 19.1 Å². The van der Waals surface area contributed by atoms with Crippen LogP contribution in [0.15, 0.2) is 28.7 Å². The quantitative estimate of drug-likeness (QED) is 0.915. The second kappa shape index (κ2) is 5.16. The Morgan fingerprint density at radius 3 is 2.67 bits per heavy atom. The Hall–Kier alpha value is -1.03. The van der Waals surface area contributed by atoms with Crippen LogP contribution in [-0.2, 0) is 4.79 Å². The van der Waals surface area contributed by atoms with Crippen molar-refractivity contribution in [2.75, 3.05) is 18.5 Å². The molecule has 0 aromatic heterocycles. The molecule has 0 heterocycles. The van der Waals surface area contributed by atoms with Crippen molar-refractivity contribution in [1.29, 1.82) is 0 Å². The van der Waals surface area contributed by atoms with Crippen LogP contribution in [0.25, 0.3) is 0 Å². The number of nitrogens with zero attached hydrogens (tertiary/aromatic N) is 1. The molecular weight excluding hydrogens is 258 g/mol. The Bertz CT molecular complexity index is 354. The van der Waals surface area contributed by atoms with Crippen molar-refractivity contribution < 1.29 is 9.90 Å². The van der Waals surface area contributed by atoms with Gasteiger partial charge >= 0.3 is 5.97 Å². The van der Waals surface area contributed by atoms with Gasteiger partial charge in [0.15, 0.2) is 0 Å². The lowest BCUT2D eigenvalue weighted by atomic mass is 10.1. The molecule has 0 bridgehead atoms. The first-order valence-corrected chi connectivity index (χ1v) is 5.50. The number of carbonyl (C=O) groups is 1. The third-order valence-electron chi connectivity index (χ3n) is 2.23. The van der Waals surface area contributed by atoms with E-state index in [1.807, 2.05) is 36.2 Å². The molecule has 0 aliphatic heterocycles. The van der Waals surface area contributed by atoms with Crippen LogP contribution in [0, 0.1) is 5.92 Å². The average molecular weight is 272 g/mol. The third-order valence-corrected chi connectivity index (χ3v) is 2.90. The molecule has 1 aromatic rings. The third kappa shape index (κ3) is 3.23. The minimum atomic E-state index is -0.770. The fourth-order valence-electron chi connectivity index (χ4n) is 1.35. The van der Waals surface area contributed by atoms with Crippen molar-refractivity contribution in [3.63, 3.8) is 0 Å². The zero-order chi connectivity index (χ0) is 11.4. The summed E-state index contributed by atoms with van der Waals surface area (Å²) in [6, 6.07) is 7.76. The summed E-state index contributed by atoms with van der Waals surface area (Å²) in [6.45, 7) is 2.20. The van der Waals surface area contributed by atoms with Crippen molar-refractivity contribution in [2.45, 2.75) is 6.92 Å². The van der Waals surface area contributed by atoms with E-state index in [2.05, 4.69) is 15.9 Å². The number of halogens is 1. The number of hydrogen-bond donors (Lipinski definition) is 1. The number of carboxylic acid groups (broad SMARTS) is 1. The first-order valence-electron chi connectivity index (χ1n) is 4.71. The molecule has 0 aliphatic carbocycles. The largest absolute Gasteiger partial charge is 0.481 e. The van der Waals surface area contributed by atoms with Gasteiger partial charge in [0.2, 0.25) is 0 Å². The Labute approximate surface area is 97.8 Å². The number of hydrogen-bond acceptors (Lipinski definition) is 2. The topological polar surface area (TPSA) is 40.5 Å². The van der Waals surface area contributed by atoms with E-state index in [4.69, 9.17) is 5.11 Å². The number of aliphatic carboxylic acids is 1. The van der Waals surface area contributed by atoms with Gasteiger partial charge < -0.3 is 10.0 Å². The van der Waals surface area contributed by atoms with Crippen LogP contribution >= 0.6 is 15.9 Å². The zero-order valence-electron chi connectivity index (χ0n) is 8.77. The van der Waals surface area contributed by atoms with Crippen molar-refractivity contribution >= 4 is 27.6 Å². The second-order valence-corrected chi connectivity index (χ2v) is 4.43. The molecule has 15 heavy (non-hydrogen) atoms.